The Morgan fingerprint density at radius 3 is 2.90 bits per heavy atom. The summed E-state index contributed by atoms with van der Waals surface area (Å²) in [7, 11) is 0. The van der Waals surface area contributed by atoms with Crippen molar-refractivity contribution >= 4 is 22.8 Å². The Kier molecular flexibility index (Phi) is 3.20. The topological polar surface area (TPSA) is 67.8 Å². The van der Waals surface area contributed by atoms with Gasteiger partial charge in [0, 0.05) is 37.9 Å². The van der Waals surface area contributed by atoms with Crippen molar-refractivity contribution in [3.05, 3.63) is 18.2 Å². The lowest BCUT2D eigenvalue weighted by Gasteiger charge is -2.31. The number of morpholine rings is 1. The van der Waals surface area contributed by atoms with Crippen LogP contribution >= 0.6 is 0 Å². The molecule has 3 heterocycles. The first kappa shape index (κ1) is 12.9. The molecule has 0 radical (unpaired) electrons. The fraction of sp³-hybridized carbons (Fsp3) is 0.533. The molecule has 1 aromatic heterocycles. The van der Waals surface area contributed by atoms with Gasteiger partial charge in [0.05, 0.1) is 13.2 Å². The van der Waals surface area contributed by atoms with Crippen LogP contribution in [0.1, 0.15) is 6.42 Å². The van der Waals surface area contributed by atoms with Gasteiger partial charge in [-0.2, -0.15) is 4.98 Å². The monoisotopic (exact) mass is 288 g/mol. The summed E-state index contributed by atoms with van der Waals surface area (Å²) in [6.07, 6.45) is 1.15. The van der Waals surface area contributed by atoms with Gasteiger partial charge >= 0.3 is 0 Å². The maximum Gasteiger partial charge on any atom is 0.298 e. The van der Waals surface area contributed by atoms with Gasteiger partial charge in [0.15, 0.2) is 5.58 Å². The largest absolute Gasteiger partial charge is 0.423 e. The Balaban J connectivity index is 1.50. The van der Waals surface area contributed by atoms with Gasteiger partial charge < -0.3 is 19.8 Å². The maximum absolute atomic E-state index is 5.86. The van der Waals surface area contributed by atoms with Gasteiger partial charge in [0.2, 0.25) is 0 Å². The average molecular weight is 288 g/mol. The van der Waals surface area contributed by atoms with Crippen LogP contribution in [0.3, 0.4) is 0 Å². The summed E-state index contributed by atoms with van der Waals surface area (Å²) < 4.78 is 11.3. The third-order valence-corrected chi connectivity index (χ3v) is 4.40. The minimum absolute atomic E-state index is 0.578. The normalized spacial score (nSPS) is 24.0. The molecule has 2 saturated heterocycles. The van der Waals surface area contributed by atoms with E-state index in [0.717, 1.165) is 62.6 Å². The number of oxazole rings is 1. The molecule has 1 unspecified atom stereocenters. The van der Waals surface area contributed by atoms with E-state index in [2.05, 4.69) is 14.8 Å². The van der Waals surface area contributed by atoms with Crippen LogP contribution in [0, 0.1) is 0 Å². The molecule has 6 nitrogen and oxygen atoms in total. The van der Waals surface area contributed by atoms with E-state index >= 15 is 0 Å². The quantitative estimate of drug-likeness (QED) is 0.841. The number of nitrogen functional groups attached to an aromatic ring is 1. The van der Waals surface area contributed by atoms with Crippen molar-refractivity contribution in [2.45, 2.75) is 12.5 Å². The number of hydrogen-bond donors (Lipinski definition) is 1. The van der Waals surface area contributed by atoms with Crippen LogP contribution in [0.15, 0.2) is 22.6 Å². The second-order valence-electron chi connectivity index (χ2n) is 5.76. The minimum atomic E-state index is 0.578. The van der Waals surface area contributed by atoms with E-state index in [0.29, 0.717) is 12.1 Å². The molecule has 0 spiro atoms. The van der Waals surface area contributed by atoms with Crippen molar-refractivity contribution in [3.8, 4) is 0 Å². The van der Waals surface area contributed by atoms with Crippen LogP contribution in [-0.4, -0.2) is 55.3 Å². The lowest BCUT2D eigenvalue weighted by atomic mass is 10.2. The first-order valence-corrected chi connectivity index (χ1v) is 7.52. The Morgan fingerprint density at radius 2 is 2.05 bits per heavy atom. The van der Waals surface area contributed by atoms with Crippen molar-refractivity contribution in [3.63, 3.8) is 0 Å². The zero-order valence-corrected chi connectivity index (χ0v) is 12.0. The molecule has 0 aliphatic carbocycles. The van der Waals surface area contributed by atoms with Crippen LogP contribution in [0.25, 0.3) is 11.1 Å². The van der Waals surface area contributed by atoms with Gasteiger partial charge in [-0.05, 0) is 24.6 Å². The molecule has 21 heavy (non-hydrogen) atoms. The van der Waals surface area contributed by atoms with Gasteiger partial charge in [0.25, 0.3) is 6.01 Å². The number of aromatic nitrogens is 1. The van der Waals surface area contributed by atoms with Crippen molar-refractivity contribution < 1.29 is 9.15 Å². The molecule has 112 valence electrons. The highest BCUT2D eigenvalue weighted by atomic mass is 16.5. The van der Waals surface area contributed by atoms with E-state index < -0.39 is 0 Å². The molecule has 4 rings (SSSR count). The van der Waals surface area contributed by atoms with Crippen molar-refractivity contribution in [2.24, 2.45) is 0 Å². The molecular weight excluding hydrogens is 268 g/mol. The fourth-order valence-corrected chi connectivity index (χ4v) is 3.22. The summed E-state index contributed by atoms with van der Waals surface area (Å²) in [6, 6.07) is 6.88. The zero-order valence-electron chi connectivity index (χ0n) is 12.0. The average Bonchev–Trinajstić information content (AvgIpc) is 3.14. The molecule has 2 aliphatic heterocycles. The molecule has 2 aliphatic rings. The van der Waals surface area contributed by atoms with Crippen LogP contribution in [0.4, 0.5) is 11.7 Å². The SMILES string of the molecule is Nc1ccc2oc(N3CCC(N4CCOCC4)C3)nc2c1. The summed E-state index contributed by atoms with van der Waals surface area (Å²) in [5, 5.41) is 0. The molecule has 0 amide bonds. The van der Waals surface area contributed by atoms with Crippen LogP contribution in [0.5, 0.6) is 0 Å². The number of ether oxygens (including phenoxy) is 1. The number of fused-ring (bicyclic) bond motifs is 1. The van der Waals surface area contributed by atoms with Gasteiger partial charge in [-0.25, -0.2) is 0 Å². The third-order valence-electron chi connectivity index (χ3n) is 4.40. The van der Waals surface area contributed by atoms with E-state index in [1.807, 2.05) is 18.2 Å². The Labute approximate surface area is 123 Å². The van der Waals surface area contributed by atoms with Gasteiger partial charge in [0.1, 0.15) is 5.52 Å². The van der Waals surface area contributed by atoms with E-state index in [4.69, 9.17) is 14.9 Å². The van der Waals surface area contributed by atoms with E-state index in [1.165, 1.54) is 0 Å². The van der Waals surface area contributed by atoms with Gasteiger partial charge in [-0.1, -0.05) is 0 Å². The number of nitrogens with zero attached hydrogens (tertiary/aromatic N) is 3. The predicted octanol–water partition coefficient (Wildman–Crippen LogP) is 1.32. The summed E-state index contributed by atoms with van der Waals surface area (Å²) in [4.78, 5) is 9.32. The van der Waals surface area contributed by atoms with Gasteiger partial charge in [-0.3, -0.25) is 4.90 Å². The zero-order chi connectivity index (χ0) is 14.2. The molecule has 0 saturated carbocycles. The van der Waals surface area contributed by atoms with E-state index in [9.17, 15) is 0 Å². The van der Waals surface area contributed by atoms with Crippen molar-refractivity contribution in [1.29, 1.82) is 0 Å². The molecule has 6 heteroatoms. The smallest absolute Gasteiger partial charge is 0.298 e. The maximum atomic E-state index is 5.86. The highest BCUT2D eigenvalue weighted by Crippen LogP contribution is 2.27. The first-order chi connectivity index (χ1) is 10.3. The Bertz CT molecular complexity index is 636. The Morgan fingerprint density at radius 1 is 1.19 bits per heavy atom. The molecular formula is C15H20N4O2. The standard InChI is InChI=1S/C15H20N4O2/c16-11-1-2-14-13(9-11)17-15(21-14)19-4-3-12(10-19)18-5-7-20-8-6-18/h1-2,9,12H,3-8,10,16H2. The highest BCUT2D eigenvalue weighted by Gasteiger charge is 2.30. The van der Waals surface area contributed by atoms with Crippen LogP contribution < -0.4 is 10.6 Å². The molecule has 1 aromatic carbocycles. The summed E-state index contributed by atoms with van der Waals surface area (Å²) >= 11 is 0. The van der Waals surface area contributed by atoms with Crippen molar-refractivity contribution in [2.75, 3.05) is 50.0 Å². The van der Waals surface area contributed by atoms with Crippen molar-refractivity contribution in [1.82, 2.24) is 9.88 Å². The highest BCUT2D eigenvalue weighted by molar-refractivity contribution is 5.78. The summed E-state index contributed by atoms with van der Waals surface area (Å²) in [5.74, 6) is 0. The molecule has 1 atom stereocenters. The number of nitrogens with two attached hydrogens (primary N) is 1. The minimum Gasteiger partial charge on any atom is -0.423 e. The predicted molar refractivity (Wildman–Crippen MR) is 81.4 cm³/mol. The number of hydrogen-bond acceptors (Lipinski definition) is 6. The second-order valence-corrected chi connectivity index (χ2v) is 5.76. The molecule has 2 N–H and O–H groups in total. The third kappa shape index (κ3) is 2.45. The lowest BCUT2D eigenvalue weighted by molar-refractivity contribution is 0.0209. The first-order valence-electron chi connectivity index (χ1n) is 7.52. The number of benzene rings is 1. The van der Waals surface area contributed by atoms with Gasteiger partial charge in [-0.15, -0.1) is 0 Å². The summed E-state index contributed by atoms with van der Waals surface area (Å²) in [6.45, 7) is 5.72. The van der Waals surface area contributed by atoms with Crippen LogP contribution in [-0.2, 0) is 4.74 Å². The molecule has 2 fully saturated rings. The molecule has 0 bridgehead atoms. The number of rotatable bonds is 2. The summed E-state index contributed by atoms with van der Waals surface area (Å²) in [5.41, 5.74) is 8.14. The fourth-order valence-electron chi connectivity index (χ4n) is 3.22. The van der Waals surface area contributed by atoms with E-state index in [-0.39, 0.29) is 0 Å². The number of anilines is 2. The lowest BCUT2D eigenvalue weighted by Crippen LogP contribution is -2.44. The van der Waals surface area contributed by atoms with Crippen LogP contribution in [0.2, 0.25) is 0 Å². The Hall–Kier alpha value is -1.79. The van der Waals surface area contributed by atoms with E-state index in [1.54, 1.807) is 0 Å². The molecule has 2 aromatic rings. The second kappa shape index (κ2) is 5.20.